The maximum Gasteiger partial charge on any atom is 0.282 e. The molecule has 2 aliphatic heterocycles. The molecule has 2 aromatic carbocycles. The van der Waals surface area contributed by atoms with E-state index in [1.54, 1.807) is 6.08 Å². The highest BCUT2D eigenvalue weighted by Crippen LogP contribution is 2.25. The van der Waals surface area contributed by atoms with Gasteiger partial charge in [-0.2, -0.15) is 0 Å². The van der Waals surface area contributed by atoms with Crippen molar-refractivity contribution in [3.8, 4) is 0 Å². The number of carbonyl (C=O) groups excluding carboxylic acids is 2. The first-order chi connectivity index (χ1) is 14.9. The number of rotatable bonds is 4. The molecule has 0 spiro atoms. The van der Waals surface area contributed by atoms with Crippen molar-refractivity contribution in [1.82, 2.24) is 0 Å². The van der Waals surface area contributed by atoms with E-state index in [0.29, 0.717) is 11.6 Å². The quantitative estimate of drug-likeness (QED) is 0.455. The Kier molecular flexibility index (Phi) is 6.27. The lowest BCUT2D eigenvalue weighted by Gasteiger charge is -2.32. The summed E-state index contributed by atoms with van der Waals surface area (Å²) in [5, 5.41) is -0.0317. The Morgan fingerprint density at radius 1 is 1.03 bits per heavy atom. The number of nitrogens with zero attached hydrogens (tertiary/aromatic N) is 2. The number of amides is 2. The second-order valence-electron chi connectivity index (χ2n) is 7.98. The molecule has 31 heavy (non-hydrogen) atoms. The third-order valence-electron chi connectivity index (χ3n) is 5.60. The molecule has 6 nitrogen and oxygen atoms in total. The first kappa shape index (κ1) is 21.4. The zero-order chi connectivity index (χ0) is 22.0. The van der Waals surface area contributed by atoms with Crippen molar-refractivity contribution in [1.29, 1.82) is 0 Å². The van der Waals surface area contributed by atoms with Crippen LogP contribution in [0.4, 0.5) is 11.4 Å². The van der Waals surface area contributed by atoms with Crippen LogP contribution in [0.5, 0.6) is 0 Å². The Morgan fingerprint density at radius 3 is 2.29 bits per heavy atom. The number of carbonyl (C=O) groups is 2. The van der Waals surface area contributed by atoms with Gasteiger partial charge in [-0.3, -0.25) is 19.4 Å². The number of benzene rings is 2. The van der Waals surface area contributed by atoms with Crippen LogP contribution < -0.4 is 9.80 Å². The van der Waals surface area contributed by atoms with Crippen LogP contribution in [0.1, 0.15) is 30.9 Å². The van der Waals surface area contributed by atoms with Crippen LogP contribution in [0, 0.1) is 0 Å². The van der Waals surface area contributed by atoms with Gasteiger partial charge in [-0.25, -0.2) is 4.99 Å². The summed E-state index contributed by atoms with van der Waals surface area (Å²) in [5.74, 6) is -0.680. The predicted molar refractivity (Wildman–Crippen MR) is 123 cm³/mol. The molecule has 4 rings (SSSR count). The number of quaternary nitrogens is 1. The summed E-state index contributed by atoms with van der Waals surface area (Å²) < 4.78 is 5.41. The lowest BCUT2D eigenvalue weighted by Crippen LogP contribution is -3.09. The van der Waals surface area contributed by atoms with Gasteiger partial charge in [0.05, 0.1) is 13.2 Å². The van der Waals surface area contributed by atoms with Gasteiger partial charge in [-0.1, -0.05) is 26.0 Å². The van der Waals surface area contributed by atoms with Gasteiger partial charge in [0.2, 0.25) is 0 Å². The Balaban J connectivity index is 1.60. The van der Waals surface area contributed by atoms with Crippen molar-refractivity contribution in [2.75, 3.05) is 31.2 Å². The normalized spacial score (nSPS) is 19.3. The molecule has 160 valence electrons. The molecular weight excluding hydrogens is 410 g/mol. The summed E-state index contributed by atoms with van der Waals surface area (Å²) >= 11 is 5.23. The largest absolute Gasteiger partial charge is 0.742 e. The molecule has 0 radical (unpaired) electrons. The molecule has 0 aliphatic carbocycles. The van der Waals surface area contributed by atoms with Crippen molar-refractivity contribution in [2.45, 2.75) is 19.8 Å². The lowest BCUT2D eigenvalue weighted by molar-refractivity contribution is -0.842. The molecule has 0 bridgehead atoms. The monoisotopic (exact) mass is 435 g/mol. The maximum absolute atomic E-state index is 13.2. The molecule has 2 amide bonds. The number of ether oxygens (including phenoxy) is 1. The van der Waals surface area contributed by atoms with Gasteiger partial charge < -0.3 is 17.4 Å². The zero-order valence-electron chi connectivity index (χ0n) is 17.6. The van der Waals surface area contributed by atoms with Gasteiger partial charge in [0.1, 0.15) is 24.4 Å². The van der Waals surface area contributed by atoms with Crippen LogP contribution in [-0.2, 0) is 27.0 Å². The fraction of sp³-hybridized carbons (Fsp3) is 0.292. The van der Waals surface area contributed by atoms with Gasteiger partial charge in [-0.05, 0) is 64.7 Å². The highest BCUT2D eigenvalue weighted by atomic mass is 32.1. The number of anilines is 1. The van der Waals surface area contributed by atoms with Gasteiger partial charge in [0.15, 0.2) is 0 Å². The van der Waals surface area contributed by atoms with E-state index < -0.39 is 11.8 Å². The molecule has 2 aliphatic rings. The van der Waals surface area contributed by atoms with Crippen LogP contribution in [0.15, 0.2) is 59.1 Å². The molecule has 2 heterocycles. The second-order valence-corrected chi connectivity index (χ2v) is 8.35. The molecule has 1 N–H and O–H groups in total. The topological polar surface area (TPSA) is 63.4 Å². The molecule has 0 unspecified atom stereocenters. The summed E-state index contributed by atoms with van der Waals surface area (Å²) in [4.78, 5) is 32.2. The molecule has 7 heteroatoms. The summed E-state index contributed by atoms with van der Waals surface area (Å²) in [7, 11) is 0. The molecule has 0 aromatic heterocycles. The Labute approximate surface area is 187 Å². The second kappa shape index (κ2) is 9.09. The van der Waals surface area contributed by atoms with E-state index in [2.05, 4.69) is 18.8 Å². The maximum atomic E-state index is 13.2. The van der Waals surface area contributed by atoms with Crippen LogP contribution in [-0.4, -0.2) is 43.3 Å². The van der Waals surface area contributed by atoms with E-state index in [9.17, 15) is 9.59 Å². The smallest absolute Gasteiger partial charge is 0.282 e. The number of nitrogens with one attached hydrogen (secondary N) is 1. The SMILES string of the molecule is CC(C)c1ccc(N2C(=O)C(=Cc3ccc([NH+]4CCOCC4)cc3)C(=O)N=C2[S-])cc1. The highest BCUT2D eigenvalue weighted by Gasteiger charge is 2.29. The summed E-state index contributed by atoms with van der Waals surface area (Å²) in [6.07, 6.45) is 1.59. The molecule has 0 saturated carbocycles. The first-order valence-corrected chi connectivity index (χ1v) is 10.8. The number of hydrogen-bond acceptors (Lipinski definition) is 4. The van der Waals surface area contributed by atoms with Gasteiger partial charge in [0.25, 0.3) is 11.8 Å². The van der Waals surface area contributed by atoms with Crippen molar-refractivity contribution in [2.24, 2.45) is 4.99 Å². The third-order valence-corrected chi connectivity index (χ3v) is 5.87. The molecule has 0 atom stereocenters. The number of hydrogen-bond donors (Lipinski definition) is 1. The minimum Gasteiger partial charge on any atom is -0.742 e. The van der Waals surface area contributed by atoms with E-state index in [0.717, 1.165) is 37.4 Å². The van der Waals surface area contributed by atoms with Crippen LogP contribution in [0.3, 0.4) is 0 Å². The number of aliphatic imine (C=N–C) groups is 1. The minimum atomic E-state index is -0.604. The fourth-order valence-electron chi connectivity index (χ4n) is 3.74. The summed E-state index contributed by atoms with van der Waals surface area (Å²) in [6, 6.07) is 15.5. The van der Waals surface area contributed by atoms with Crippen LogP contribution in [0.2, 0.25) is 0 Å². The molecule has 1 fully saturated rings. The van der Waals surface area contributed by atoms with Crippen molar-refractivity contribution in [3.05, 3.63) is 65.2 Å². The van der Waals surface area contributed by atoms with Gasteiger partial charge in [-0.15, -0.1) is 0 Å². The summed E-state index contributed by atoms with van der Waals surface area (Å²) in [6.45, 7) is 7.56. The molecular formula is C24H25N3O3S. The Hall–Kier alpha value is -2.87. The van der Waals surface area contributed by atoms with Crippen molar-refractivity contribution in [3.63, 3.8) is 0 Å². The number of amidine groups is 1. The van der Waals surface area contributed by atoms with Crippen molar-refractivity contribution >= 4 is 47.1 Å². The average molecular weight is 436 g/mol. The lowest BCUT2D eigenvalue weighted by atomic mass is 10.0. The minimum absolute atomic E-state index is 0.00741. The van der Waals surface area contributed by atoms with E-state index in [-0.39, 0.29) is 10.7 Å². The van der Waals surface area contributed by atoms with E-state index in [1.165, 1.54) is 15.5 Å². The zero-order valence-corrected chi connectivity index (χ0v) is 18.4. The Bertz CT molecular complexity index is 1040. The van der Waals surface area contributed by atoms with Gasteiger partial charge in [0, 0.05) is 5.69 Å². The van der Waals surface area contributed by atoms with Crippen LogP contribution >= 0.6 is 0 Å². The first-order valence-electron chi connectivity index (χ1n) is 10.4. The molecule has 1 saturated heterocycles. The van der Waals surface area contributed by atoms with E-state index >= 15 is 0 Å². The third kappa shape index (κ3) is 4.58. The predicted octanol–water partition coefficient (Wildman–Crippen LogP) is 2.22. The average Bonchev–Trinajstić information content (AvgIpc) is 2.78. The standard InChI is InChI=1S/C24H25N3O3S/c1-16(2)18-5-9-20(10-6-18)27-23(29)21(22(28)25-24(27)31)15-17-3-7-19(8-4-17)26-11-13-30-14-12-26/h3-10,15-16H,11-14H2,1-2H3,(H,25,28,31). The van der Waals surface area contributed by atoms with Gasteiger partial charge >= 0.3 is 0 Å². The number of morpholine rings is 1. The van der Waals surface area contributed by atoms with Crippen molar-refractivity contribution < 1.29 is 19.2 Å². The van der Waals surface area contributed by atoms with E-state index in [1.807, 2.05) is 48.5 Å². The fourth-order valence-corrected chi connectivity index (χ4v) is 4.01. The molecule has 2 aromatic rings. The van der Waals surface area contributed by atoms with Crippen LogP contribution in [0.25, 0.3) is 6.08 Å². The van der Waals surface area contributed by atoms with E-state index in [4.69, 9.17) is 17.4 Å². The summed E-state index contributed by atoms with van der Waals surface area (Å²) in [5.41, 5.74) is 3.71. The Morgan fingerprint density at radius 2 is 1.68 bits per heavy atom. The highest BCUT2D eigenvalue weighted by molar-refractivity contribution is 7.78.